The Balaban J connectivity index is 1.44. The number of hydrogen-bond donors (Lipinski definition) is 3. The summed E-state index contributed by atoms with van der Waals surface area (Å²) >= 11 is 6.16. The van der Waals surface area contributed by atoms with E-state index in [-0.39, 0.29) is 31.0 Å². The van der Waals surface area contributed by atoms with Gasteiger partial charge in [0.1, 0.15) is 24.8 Å². The second-order valence-electron chi connectivity index (χ2n) is 8.68. The lowest BCUT2D eigenvalue weighted by molar-refractivity contribution is -0.148. The molecule has 4 N–H and O–H groups in total. The number of aromatic nitrogens is 3. The van der Waals surface area contributed by atoms with Gasteiger partial charge in [0.15, 0.2) is 0 Å². The molecule has 4 rings (SSSR count). The van der Waals surface area contributed by atoms with Crippen LogP contribution in [0, 0.1) is 5.92 Å². The zero-order chi connectivity index (χ0) is 22.7. The quantitative estimate of drug-likeness (QED) is 0.598. The van der Waals surface area contributed by atoms with Gasteiger partial charge in [-0.3, -0.25) is 9.59 Å². The second kappa shape index (κ2) is 9.97. The van der Waals surface area contributed by atoms with Gasteiger partial charge in [0.2, 0.25) is 5.91 Å². The van der Waals surface area contributed by atoms with Gasteiger partial charge in [-0.1, -0.05) is 30.9 Å². The topological polar surface area (TPSA) is 126 Å². The molecule has 1 aliphatic heterocycles. The average molecular weight is 461 g/mol. The van der Waals surface area contributed by atoms with Gasteiger partial charge in [-0.05, 0) is 48.9 Å². The summed E-state index contributed by atoms with van der Waals surface area (Å²) < 4.78 is 1.60. The highest BCUT2D eigenvalue weighted by Crippen LogP contribution is 2.29. The molecule has 2 aromatic rings. The standard InChI is InChI=1S/C22H29ClN6O3/c23-16-6-7-18(29-13-25-12-27-29)15(8-16)10-26-21(31)19-9-17(24)11-28(19)22(32)20(30)14-4-2-1-3-5-14/h6-8,12-14,17,19-20,30H,1-5,9-11,24H2,(H,26,31)/t17-,19-,20+/m0/s1. The Hall–Kier alpha value is -2.49. The number of halogens is 1. The highest BCUT2D eigenvalue weighted by molar-refractivity contribution is 6.30. The van der Waals surface area contributed by atoms with E-state index in [2.05, 4.69) is 15.4 Å². The fraction of sp³-hybridized carbons (Fsp3) is 0.545. The first-order valence-corrected chi connectivity index (χ1v) is 11.5. The van der Waals surface area contributed by atoms with E-state index in [0.717, 1.165) is 43.4 Å². The van der Waals surface area contributed by atoms with E-state index < -0.39 is 18.1 Å². The van der Waals surface area contributed by atoms with Gasteiger partial charge >= 0.3 is 0 Å². The predicted molar refractivity (Wildman–Crippen MR) is 119 cm³/mol. The molecular formula is C22H29ClN6O3. The summed E-state index contributed by atoms with van der Waals surface area (Å²) in [5.74, 6) is -0.740. The third kappa shape index (κ3) is 4.95. The molecule has 10 heteroatoms. The summed E-state index contributed by atoms with van der Waals surface area (Å²) in [6.45, 7) is 0.468. The van der Waals surface area contributed by atoms with Crippen LogP contribution in [-0.2, 0) is 16.1 Å². The number of rotatable bonds is 6. The first-order valence-electron chi connectivity index (χ1n) is 11.1. The van der Waals surface area contributed by atoms with Gasteiger partial charge in [0.25, 0.3) is 5.91 Å². The number of aliphatic hydroxyl groups is 1. The number of aliphatic hydroxyl groups excluding tert-OH is 1. The molecule has 0 radical (unpaired) electrons. The highest BCUT2D eigenvalue weighted by Gasteiger charge is 2.41. The maximum atomic E-state index is 13.1. The molecule has 1 saturated carbocycles. The van der Waals surface area contributed by atoms with Crippen LogP contribution >= 0.6 is 11.6 Å². The minimum atomic E-state index is -1.08. The lowest BCUT2D eigenvalue weighted by atomic mass is 9.84. The summed E-state index contributed by atoms with van der Waals surface area (Å²) in [5, 5.41) is 18.3. The van der Waals surface area contributed by atoms with Crippen LogP contribution < -0.4 is 11.1 Å². The molecule has 3 atom stereocenters. The van der Waals surface area contributed by atoms with Crippen LogP contribution in [0.5, 0.6) is 0 Å². The van der Waals surface area contributed by atoms with Crippen LogP contribution in [0.4, 0.5) is 0 Å². The van der Waals surface area contributed by atoms with Crippen molar-refractivity contribution in [1.82, 2.24) is 25.0 Å². The van der Waals surface area contributed by atoms with E-state index in [1.165, 1.54) is 11.2 Å². The van der Waals surface area contributed by atoms with Gasteiger partial charge < -0.3 is 21.1 Å². The monoisotopic (exact) mass is 460 g/mol. The van der Waals surface area contributed by atoms with Crippen LogP contribution in [0.2, 0.25) is 5.02 Å². The lowest BCUT2D eigenvalue weighted by Gasteiger charge is -2.31. The molecule has 0 bridgehead atoms. The minimum Gasteiger partial charge on any atom is -0.383 e. The van der Waals surface area contributed by atoms with E-state index in [4.69, 9.17) is 17.3 Å². The molecule has 172 valence electrons. The average Bonchev–Trinajstić information content (AvgIpc) is 3.47. The minimum absolute atomic E-state index is 0.0477. The summed E-state index contributed by atoms with van der Waals surface area (Å²) in [5.41, 5.74) is 7.60. The molecule has 0 spiro atoms. The van der Waals surface area contributed by atoms with E-state index in [1.54, 1.807) is 29.2 Å². The fourth-order valence-electron chi connectivity index (χ4n) is 4.73. The van der Waals surface area contributed by atoms with Crippen molar-refractivity contribution in [2.75, 3.05) is 6.54 Å². The van der Waals surface area contributed by atoms with E-state index in [1.807, 2.05) is 0 Å². The number of amides is 2. The Kier molecular flexibility index (Phi) is 7.07. The summed E-state index contributed by atoms with van der Waals surface area (Å²) in [4.78, 5) is 31.5. The SMILES string of the molecule is N[C@H]1C[C@@H](C(=O)NCc2cc(Cl)ccc2-n2cncn2)N(C(=O)[C@H](O)C2CCCCC2)C1. The molecular weight excluding hydrogens is 432 g/mol. The second-order valence-corrected chi connectivity index (χ2v) is 9.11. The van der Waals surface area contributed by atoms with Crippen molar-refractivity contribution in [3.05, 3.63) is 41.4 Å². The fourth-order valence-corrected chi connectivity index (χ4v) is 4.93. The Labute approximate surface area is 191 Å². The molecule has 2 aliphatic rings. The molecule has 2 heterocycles. The number of benzene rings is 1. The molecule has 2 amide bonds. The van der Waals surface area contributed by atoms with Crippen LogP contribution in [0.25, 0.3) is 5.69 Å². The van der Waals surface area contributed by atoms with Gasteiger partial charge in [-0.15, -0.1) is 0 Å². The molecule has 1 saturated heterocycles. The predicted octanol–water partition coefficient (Wildman–Crippen LogP) is 1.41. The Bertz CT molecular complexity index is 947. The maximum Gasteiger partial charge on any atom is 0.252 e. The third-order valence-electron chi connectivity index (χ3n) is 6.43. The largest absolute Gasteiger partial charge is 0.383 e. The molecule has 1 aliphatic carbocycles. The molecule has 32 heavy (non-hydrogen) atoms. The van der Waals surface area contributed by atoms with Crippen LogP contribution in [0.1, 0.15) is 44.1 Å². The molecule has 1 aromatic heterocycles. The third-order valence-corrected chi connectivity index (χ3v) is 6.66. The van der Waals surface area contributed by atoms with Crippen LogP contribution in [0.3, 0.4) is 0 Å². The molecule has 0 unspecified atom stereocenters. The zero-order valence-electron chi connectivity index (χ0n) is 17.9. The number of likely N-dealkylation sites (tertiary alicyclic amines) is 1. The first kappa shape index (κ1) is 22.7. The Morgan fingerprint density at radius 2 is 2.06 bits per heavy atom. The van der Waals surface area contributed by atoms with Crippen molar-refractivity contribution in [2.24, 2.45) is 11.7 Å². The molecule has 9 nitrogen and oxygen atoms in total. The van der Waals surface area contributed by atoms with Crippen molar-refractivity contribution in [2.45, 2.75) is 63.3 Å². The van der Waals surface area contributed by atoms with Gasteiger partial charge in [-0.25, -0.2) is 9.67 Å². The number of nitrogens with two attached hydrogens (primary N) is 1. The number of nitrogens with one attached hydrogen (secondary N) is 1. The zero-order valence-corrected chi connectivity index (χ0v) is 18.6. The summed E-state index contributed by atoms with van der Waals surface area (Å²) in [6, 6.07) is 4.30. The Morgan fingerprint density at radius 1 is 1.28 bits per heavy atom. The number of hydrogen-bond acceptors (Lipinski definition) is 6. The first-order chi connectivity index (χ1) is 15.4. The number of nitrogens with zero attached hydrogens (tertiary/aromatic N) is 4. The normalized spacial score (nSPS) is 22.7. The van der Waals surface area contributed by atoms with Crippen LogP contribution in [-0.4, -0.2) is 61.3 Å². The maximum absolute atomic E-state index is 13.1. The number of carbonyl (C=O) groups excluding carboxylic acids is 2. The molecule has 2 fully saturated rings. The van der Waals surface area contributed by atoms with Crippen molar-refractivity contribution in [1.29, 1.82) is 0 Å². The number of carbonyl (C=O) groups is 2. The van der Waals surface area contributed by atoms with Crippen molar-refractivity contribution < 1.29 is 14.7 Å². The summed E-state index contributed by atoms with van der Waals surface area (Å²) in [7, 11) is 0. The molecule has 1 aromatic carbocycles. The smallest absolute Gasteiger partial charge is 0.252 e. The summed E-state index contributed by atoms with van der Waals surface area (Å²) in [6.07, 6.45) is 7.13. The Morgan fingerprint density at radius 3 is 2.78 bits per heavy atom. The van der Waals surface area contributed by atoms with Crippen molar-refractivity contribution >= 4 is 23.4 Å². The van der Waals surface area contributed by atoms with E-state index >= 15 is 0 Å². The van der Waals surface area contributed by atoms with Gasteiger partial charge in [-0.2, -0.15) is 5.10 Å². The highest BCUT2D eigenvalue weighted by atomic mass is 35.5. The van der Waals surface area contributed by atoms with Crippen molar-refractivity contribution in [3.8, 4) is 5.69 Å². The van der Waals surface area contributed by atoms with Gasteiger partial charge in [0.05, 0.1) is 5.69 Å². The van der Waals surface area contributed by atoms with Crippen molar-refractivity contribution in [3.63, 3.8) is 0 Å². The lowest BCUT2D eigenvalue weighted by Crippen LogP contribution is -2.50. The van der Waals surface area contributed by atoms with Crippen LogP contribution in [0.15, 0.2) is 30.9 Å². The van der Waals surface area contributed by atoms with Gasteiger partial charge in [0, 0.05) is 24.2 Å². The van der Waals surface area contributed by atoms with E-state index in [0.29, 0.717) is 11.4 Å². The van der Waals surface area contributed by atoms with E-state index in [9.17, 15) is 14.7 Å².